The molecule has 2 aliphatic heterocycles. The van der Waals surface area contributed by atoms with Crippen molar-refractivity contribution in [2.45, 2.75) is 23.9 Å². The number of epoxide rings is 2. The zero-order valence-corrected chi connectivity index (χ0v) is 12.4. The van der Waals surface area contributed by atoms with Crippen LogP contribution in [0.3, 0.4) is 0 Å². The van der Waals surface area contributed by atoms with E-state index in [2.05, 4.69) is 36.4 Å². The SMILES string of the molecule is C1=CC(OCC2CO2)(OCC2CO2)C=CC1c1ccccc1. The van der Waals surface area contributed by atoms with Crippen LogP contribution in [0.4, 0.5) is 0 Å². The van der Waals surface area contributed by atoms with E-state index in [-0.39, 0.29) is 18.1 Å². The van der Waals surface area contributed by atoms with Crippen molar-refractivity contribution in [2.24, 2.45) is 0 Å². The van der Waals surface area contributed by atoms with Crippen LogP contribution in [-0.4, -0.2) is 44.4 Å². The van der Waals surface area contributed by atoms with Gasteiger partial charge in [-0.1, -0.05) is 42.5 Å². The summed E-state index contributed by atoms with van der Waals surface area (Å²) in [5.41, 5.74) is 1.26. The van der Waals surface area contributed by atoms with E-state index in [0.717, 1.165) is 13.2 Å². The summed E-state index contributed by atoms with van der Waals surface area (Å²) in [5, 5.41) is 0. The molecule has 0 radical (unpaired) electrons. The largest absolute Gasteiger partial charge is 0.371 e. The fourth-order valence-corrected chi connectivity index (χ4v) is 2.50. The van der Waals surface area contributed by atoms with Gasteiger partial charge in [0, 0.05) is 5.92 Å². The van der Waals surface area contributed by atoms with Gasteiger partial charge in [-0.05, 0) is 17.7 Å². The maximum atomic E-state index is 5.98. The maximum absolute atomic E-state index is 5.98. The van der Waals surface area contributed by atoms with E-state index in [1.807, 2.05) is 18.2 Å². The van der Waals surface area contributed by atoms with E-state index < -0.39 is 5.79 Å². The predicted octanol–water partition coefficient (Wildman–Crippen LogP) is 2.42. The summed E-state index contributed by atoms with van der Waals surface area (Å²) in [5.74, 6) is -0.528. The Balaban J connectivity index is 1.45. The molecule has 4 rings (SSSR count). The first-order valence-corrected chi connectivity index (χ1v) is 7.78. The van der Waals surface area contributed by atoms with Gasteiger partial charge in [0.25, 0.3) is 0 Å². The first kappa shape index (κ1) is 14.2. The maximum Gasteiger partial charge on any atom is 0.208 e. The van der Waals surface area contributed by atoms with Gasteiger partial charge in [0.2, 0.25) is 5.79 Å². The van der Waals surface area contributed by atoms with E-state index in [0.29, 0.717) is 13.2 Å². The van der Waals surface area contributed by atoms with Crippen LogP contribution in [0.2, 0.25) is 0 Å². The molecular weight excluding hydrogens is 280 g/mol. The molecular formula is C18H20O4. The number of benzene rings is 1. The molecule has 22 heavy (non-hydrogen) atoms. The molecule has 1 aliphatic carbocycles. The molecule has 2 heterocycles. The highest BCUT2D eigenvalue weighted by Crippen LogP contribution is 2.31. The van der Waals surface area contributed by atoms with Gasteiger partial charge in [0.15, 0.2) is 0 Å². The fraction of sp³-hybridized carbons (Fsp3) is 0.444. The molecule has 1 aromatic rings. The third-order valence-electron chi connectivity index (χ3n) is 4.05. The third-order valence-corrected chi connectivity index (χ3v) is 4.05. The van der Waals surface area contributed by atoms with Crippen molar-refractivity contribution in [1.29, 1.82) is 0 Å². The third kappa shape index (κ3) is 3.47. The molecule has 2 unspecified atom stereocenters. The predicted molar refractivity (Wildman–Crippen MR) is 81.6 cm³/mol. The van der Waals surface area contributed by atoms with Gasteiger partial charge in [0.05, 0.1) is 26.4 Å². The monoisotopic (exact) mass is 300 g/mol. The normalized spacial score (nSPS) is 35.5. The van der Waals surface area contributed by atoms with Crippen LogP contribution in [0, 0.1) is 0 Å². The summed E-state index contributed by atoms with van der Waals surface area (Å²) in [6.07, 6.45) is 8.72. The van der Waals surface area contributed by atoms with E-state index in [1.54, 1.807) is 0 Å². The molecule has 0 bridgehead atoms. The van der Waals surface area contributed by atoms with Gasteiger partial charge in [-0.15, -0.1) is 0 Å². The van der Waals surface area contributed by atoms with Gasteiger partial charge < -0.3 is 18.9 Å². The summed E-state index contributed by atoms with van der Waals surface area (Å²) in [7, 11) is 0. The smallest absolute Gasteiger partial charge is 0.208 e. The van der Waals surface area contributed by atoms with E-state index in [4.69, 9.17) is 18.9 Å². The number of rotatable bonds is 7. The lowest BCUT2D eigenvalue weighted by Gasteiger charge is -2.31. The second-order valence-corrected chi connectivity index (χ2v) is 5.91. The minimum absolute atomic E-state index is 0.214. The average molecular weight is 300 g/mol. The molecule has 0 amide bonds. The first-order valence-electron chi connectivity index (χ1n) is 7.78. The van der Waals surface area contributed by atoms with E-state index in [1.165, 1.54) is 5.56 Å². The molecule has 0 spiro atoms. The van der Waals surface area contributed by atoms with Gasteiger partial charge in [-0.3, -0.25) is 0 Å². The minimum Gasteiger partial charge on any atom is -0.371 e. The van der Waals surface area contributed by atoms with Crippen molar-refractivity contribution in [3.63, 3.8) is 0 Å². The highest BCUT2D eigenvalue weighted by atomic mass is 16.7. The molecule has 116 valence electrons. The topological polar surface area (TPSA) is 43.5 Å². The van der Waals surface area contributed by atoms with Crippen LogP contribution in [0.5, 0.6) is 0 Å². The van der Waals surface area contributed by atoms with Crippen LogP contribution in [0.25, 0.3) is 0 Å². The molecule has 2 saturated heterocycles. The van der Waals surface area contributed by atoms with Gasteiger partial charge in [0.1, 0.15) is 12.2 Å². The molecule has 0 saturated carbocycles. The Hall–Kier alpha value is -1.46. The Bertz CT molecular complexity index is 526. The zero-order valence-electron chi connectivity index (χ0n) is 12.4. The number of ether oxygens (including phenoxy) is 4. The summed E-state index contributed by atoms with van der Waals surface area (Å²) in [6, 6.07) is 10.4. The van der Waals surface area contributed by atoms with Crippen molar-refractivity contribution < 1.29 is 18.9 Å². The second kappa shape index (κ2) is 5.97. The Kier molecular flexibility index (Phi) is 3.84. The lowest BCUT2D eigenvalue weighted by molar-refractivity contribution is -0.176. The Morgan fingerprint density at radius 1 is 0.909 bits per heavy atom. The van der Waals surface area contributed by atoms with E-state index in [9.17, 15) is 0 Å². The average Bonchev–Trinajstić information content (AvgIpc) is 3.48. The number of allylic oxidation sites excluding steroid dienone is 2. The highest BCUT2D eigenvalue weighted by molar-refractivity contribution is 5.34. The summed E-state index contributed by atoms with van der Waals surface area (Å²) < 4.78 is 22.4. The summed E-state index contributed by atoms with van der Waals surface area (Å²) in [4.78, 5) is 0. The molecule has 4 heteroatoms. The lowest BCUT2D eigenvalue weighted by atomic mass is 9.93. The Morgan fingerprint density at radius 2 is 1.45 bits per heavy atom. The Morgan fingerprint density at radius 3 is 1.95 bits per heavy atom. The lowest BCUT2D eigenvalue weighted by Crippen LogP contribution is -2.36. The minimum atomic E-state index is -0.789. The van der Waals surface area contributed by atoms with Gasteiger partial charge in [-0.25, -0.2) is 0 Å². The molecule has 0 aromatic heterocycles. The quantitative estimate of drug-likeness (QED) is 0.441. The van der Waals surface area contributed by atoms with Crippen molar-refractivity contribution >= 4 is 0 Å². The summed E-state index contributed by atoms with van der Waals surface area (Å²) >= 11 is 0. The second-order valence-electron chi connectivity index (χ2n) is 5.91. The van der Waals surface area contributed by atoms with Crippen LogP contribution in [0.15, 0.2) is 54.6 Å². The first-order chi connectivity index (χ1) is 10.8. The molecule has 2 atom stereocenters. The van der Waals surface area contributed by atoms with Crippen molar-refractivity contribution in [3.05, 3.63) is 60.2 Å². The highest BCUT2D eigenvalue weighted by Gasteiger charge is 2.35. The van der Waals surface area contributed by atoms with Gasteiger partial charge in [-0.2, -0.15) is 0 Å². The van der Waals surface area contributed by atoms with Crippen LogP contribution < -0.4 is 0 Å². The van der Waals surface area contributed by atoms with Crippen molar-refractivity contribution in [1.82, 2.24) is 0 Å². The van der Waals surface area contributed by atoms with Crippen LogP contribution in [0.1, 0.15) is 11.5 Å². The Labute approximate surface area is 130 Å². The zero-order chi connectivity index (χ0) is 14.8. The van der Waals surface area contributed by atoms with Crippen LogP contribution in [-0.2, 0) is 18.9 Å². The van der Waals surface area contributed by atoms with Gasteiger partial charge >= 0.3 is 0 Å². The molecule has 2 fully saturated rings. The fourth-order valence-electron chi connectivity index (χ4n) is 2.50. The molecule has 0 N–H and O–H groups in total. The molecule has 4 nitrogen and oxygen atoms in total. The van der Waals surface area contributed by atoms with Crippen molar-refractivity contribution in [3.8, 4) is 0 Å². The summed E-state index contributed by atoms with van der Waals surface area (Å²) in [6.45, 7) is 2.66. The van der Waals surface area contributed by atoms with Crippen molar-refractivity contribution in [2.75, 3.05) is 26.4 Å². The number of hydrogen-bond donors (Lipinski definition) is 0. The van der Waals surface area contributed by atoms with Crippen LogP contribution >= 0.6 is 0 Å². The number of hydrogen-bond acceptors (Lipinski definition) is 4. The molecule has 3 aliphatic rings. The van der Waals surface area contributed by atoms with E-state index >= 15 is 0 Å². The molecule has 1 aromatic carbocycles. The standard InChI is InChI=1S/C18H20O4/c1-2-4-14(5-3-1)15-6-8-18(9-7-15,21-12-16-10-19-16)22-13-17-11-20-17/h1-9,15-17H,10-13H2.